The summed E-state index contributed by atoms with van der Waals surface area (Å²) in [4.78, 5) is 41.7. The normalized spacial score (nSPS) is 21.8. The van der Waals surface area contributed by atoms with Crippen LogP contribution in [0.25, 0.3) is 11.1 Å². The van der Waals surface area contributed by atoms with Crippen molar-refractivity contribution in [3.8, 4) is 28.4 Å². The number of amides is 2. The van der Waals surface area contributed by atoms with Crippen molar-refractivity contribution in [2.24, 2.45) is 5.92 Å². The number of benzene rings is 1. The Hall–Kier alpha value is -3.79. The first-order chi connectivity index (χ1) is 21.2. The summed E-state index contributed by atoms with van der Waals surface area (Å²) >= 11 is 0. The van der Waals surface area contributed by atoms with Gasteiger partial charge in [-0.25, -0.2) is 0 Å². The highest BCUT2D eigenvalue weighted by molar-refractivity contribution is 5.85. The maximum atomic E-state index is 13.7. The van der Waals surface area contributed by atoms with Crippen molar-refractivity contribution < 1.29 is 23.8 Å². The van der Waals surface area contributed by atoms with Crippen molar-refractivity contribution in [3.63, 3.8) is 0 Å². The molecule has 1 aliphatic carbocycles. The standard InChI is InChI=1S/C34H46N4O6/c1-20(34(41)35-19-23-9-8-16-38-15-7-6-10-28(23)38)36-27-14-12-24-25(18-29(27)40)26(37-21(2)39)13-11-22-17-30(42-3)32(43-4)33(44-5)31(22)24/h12,14,17-18,20,23,26,28H,6-11,13,15-16,19H2,1-5H3,(H,35,41)(H,36,40)(H,37,39)/t20-,23-,26-,28+/m0/s1. The Balaban J connectivity index is 1.44. The van der Waals surface area contributed by atoms with Crippen molar-refractivity contribution in [2.45, 2.75) is 76.9 Å². The number of hydrogen-bond acceptors (Lipinski definition) is 8. The molecule has 2 aromatic carbocycles. The molecule has 2 aliphatic heterocycles. The lowest BCUT2D eigenvalue weighted by molar-refractivity contribution is -0.122. The molecule has 44 heavy (non-hydrogen) atoms. The molecule has 5 rings (SSSR count). The Morgan fingerprint density at radius 1 is 0.977 bits per heavy atom. The Morgan fingerprint density at radius 3 is 2.48 bits per heavy atom. The fraction of sp³-hybridized carbons (Fsp3) is 0.559. The van der Waals surface area contributed by atoms with E-state index in [9.17, 15) is 14.4 Å². The van der Waals surface area contributed by atoms with E-state index in [-0.39, 0.29) is 17.2 Å². The van der Waals surface area contributed by atoms with Crippen LogP contribution in [0.4, 0.5) is 5.69 Å². The first-order valence-corrected chi connectivity index (χ1v) is 15.8. The van der Waals surface area contributed by atoms with Crippen LogP contribution in [0, 0.1) is 5.92 Å². The molecule has 4 atom stereocenters. The zero-order chi connectivity index (χ0) is 31.4. The number of carbonyl (C=O) groups excluding carboxylic acids is 2. The van der Waals surface area contributed by atoms with Gasteiger partial charge in [0.1, 0.15) is 6.04 Å². The van der Waals surface area contributed by atoms with Gasteiger partial charge < -0.3 is 35.1 Å². The molecule has 0 radical (unpaired) electrons. The maximum Gasteiger partial charge on any atom is 0.242 e. The summed E-state index contributed by atoms with van der Waals surface area (Å²) in [6, 6.07) is 6.58. The molecule has 0 saturated carbocycles. The van der Waals surface area contributed by atoms with E-state index in [1.807, 2.05) is 12.1 Å². The number of methoxy groups -OCH3 is 3. The molecule has 0 aromatic heterocycles. The predicted molar refractivity (Wildman–Crippen MR) is 171 cm³/mol. The second kappa shape index (κ2) is 13.9. The monoisotopic (exact) mass is 606 g/mol. The van der Waals surface area contributed by atoms with E-state index in [1.54, 1.807) is 40.4 Å². The molecular weight excluding hydrogens is 560 g/mol. The van der Waals surface area contributed by atoms with Crippen LogP contribution in [-0.4, -0.2) is 69.8 Å². The van der Waals surface area contributed by atoms with Crippen molar-refractivity contribution >= 4 is 17.5 Å². The van der Waals surface area contributed by atoms with Gasteiger partial charge in [-0.1, -0.05) is 12.5 Å². The largest absolute Gasteiger partial charge is 0.493 e. The molecule has 0 spiro atoms. The first-order valence-electron chi connectivity index (χ1n) is 15.8. The summed E-state index contributed by atoms with van der Waals surface area (Å²) in [5.74, 6) is 1.61. The molecular formula is C34H46N4O6. The van der Waals surface area contributed by atoms with Gasteiger partial charge >= 0.3 is 0 Å². The molecule has 3 N–H and O–H groups in total. The number of piperidine rings is 2. The minimum atomic E-state index is -0.617. The lowest BCUT2D eigenvalue weighted by Crippen LogP contribution is -2.52. The Labute approximate surface area is 259 Å². The van der Waals surface area contributed by atoms with E-state index in [2.05, 4.69) is 20.9 Å². The van der Waals surface area contributed by atoms with Gasteiger partial charge in [-0.2, -0.15) is 0 Å². The van der Waals surface area contributed by atoms with E-state index < -0.39 is 12.1 Å². The third-order valence-electron chi connectivity index (χ3n) is 9.45. The summed E-state index contributed by atoms with van der Waals surface area (Å²) in [6.07, 6.45) is 7.20. The summed E-state index contributed by atoms with van der Waals surface area (Å²) in [5.41, 5.74) is 3.19. The van der Waals surface area contributed by atoms with Gasteiger partial charge in [-0.3, -0.25) is 14.4 Å². The van der Waals surface area contributed by atoms with Crippen LogP contribution in [0.2, 0.25) is 0 Å². The average Bonchev–Trinajstić information content (AvgIpc) is 3.27. The Kier molecular flexibility index (Phi) is 9.98. The number of fused-ring (bicyclic) bond motifs is 4. The molecule has 2 aromatic rings. The van der Waals surface area contributed by atoms with Crippen LogP contribution >= 0.6 is 0 Å². The van der Waals surface area contributed by atoms with E-state index in [4.69, 9.17) is 14.2 Å². The quantitative estimate of drug-likeness (QED) is 0.392. The highest BCUT2D eigenvalue weighted by Gasteiger charge is 2.33. The van der Waals surface area contributed by atoms with Crippen molar-refractivity contribution in [1.82, 2.24) is 15.5 Å². The fourth-order valence-electron chi connectivity index (χ4n) is 7.33. The third kappa shape index (κ3) is 6.50. The maximum absolute atomic E-state index is 13.7. The zero-order valence-corrected chi connectivity index (χ0v) is 26.6. The number of hydrogen-bond donors (Lipinski definition) is 3. The second-order valence-corrected chi connectivity index (χ2v) is 12.2. The van der Waals surface area contributed by atoms with Gasteiger partial charge in [-0.15, -0.1) is 0 Å². The summed E-state index contributed by atoms with van der Waals surface area (Å²) in [5, 5.41) is 9.35. The Morgan fingerprint density at radius 2 is 1.75 bits per heavy atom. The fourth-order valence-corrected chi connectivity index (χ4v) is 7.33. The van der Waals surface area contributed by atoms with E-state index in [0.717, 1.165) is 36.2 Å². The van der Waals surface area contributed by atoms with Gasteiger partial charge in [0.05, 0.1) is 33.1 Å². The number of nitrogens with zero attached hydrogens (tertiary/aromatic N) is 1. The minimum absolute atomic E-state index is 0.134. The lowest BCUT2D eigenvalue weighted by Gasteiger charge is -2.44. The average molecular weight is 607 g/mol. The number of nitrogens with one attached hydrogen (secondary N) is 3. The van der Waals surface area contributed by atoms with Crippen LogP contribution in [0.5, 0.6) is 17.2 Å². The zero-order valence-electron chi connectivity index (χ0n) is 26.6. The predicted octanol–water partition coefficient (Wildman–Crippen LogP) is 4.04. The summed E-state index contributed by atoms with van der Waals surface area (Å²) < 4.78 is 17.1. The van der Waals surface area contributed by atoms with Crippen molar-refractivity contribution in [1.29, 1.82) is 0 Å². The number of anilines is 1. The molecule has 2 saturated heterocycles. The minimum Gasteiger partial charge on any atom is -0.493 e. The van der Waals surface area contributed by atoms with Gasteiger partial charge in [0.25, 0.3) is 0 Å². The van der Waals surface area contributed by atoms with Gasteiger partial charge in [-0.05, 0) is 99.3 Å². The molecule has 10 nitrogen and oxygen atoms in total. The van der Waals surface area contributed by atoms with Gasteiger partial charge in [0.2, 0.25) is 23.0 Å². The molecule has 2 amide bonds. The highest BCUT2D eigenvalue weighted by atomic mass is 16.5. The van der Waals surface area contributed by atoms with E-state index in [0.29, 0.717) is 59.8 Å². The van der Waals surface area contributed by atoms with Crippen LogP contribution in [0.1, 0.15) is 69.5 Å². The van der Waals surface area contributed by atoms with Crippen LogP contribution in [0.3, 0.4) is 0 Å². The molecule has 0 bridgehead atoms. The number of ether oxygens (including phenoxy) is 3. The van der Waals surface area contributed by atoms with Crippen molar-refractivity contribution in [2.75, 3.05) is 46.3 Å². The smallest absolute Gasteiger partial charge is 0.242 e. The first kappa shape index (κ1) is 31.6. The van der Waals surface area contributed by atoms with Crippen molar-refractivity contribution in [3.05, 3.63) is 45.6 Å². The molecule has 10 heteroatoms. The second-order valence-electron chi connectivity index (χ2n) is 12.2. The molecule has 2 fully saturated rings. The van der Waals surface area contributed by atoms with Crippen LogP contribution in [-0.2, 0) is 16.0 Å². The third-order valence-corrected chi connectivity index (χ3v) is 9.45. The highest BCUT2D eigenvalue weighted by Crippen LogP contribution is 2.50. The van der Waals surface area contributed by atoms with Gasteiger partial charge in [0, 0.05) is 25.1 Å². The molecule has 0 unspecified atom stereocenters. The molecule has 2 heterocycles. The molecule has 3 aliphatic rings. The number of carbonyl (C=O) groups is 2. The SMILES string of the molecule is COc1cc2c(c(OC)c1OC)-c1ccc(N[C@@H](C)C(=O)NC[C@@H]3CCCN4CCCC[C@H]34)c(=O)cc1[C@@H](NC(C)=O)CC2. The number of rotatable bonds is 9. The molecule has 238 valence electrons. The van der Waals surface area contributed by atoms with Crippen LogP contribution < -0.4 is 35.6 Å². The van der Waals surface area contributed by atoms with Gasteiger partial charge in [0.15, 0.2) is 11.5 Å². The topological polar surface area (TPSA) is 118 Å². The lowest BCUT2D eigenvalue weighted by atomic mass is 9.83. The van der Waals surface area contributed by atoms with E-state index >= 15 is 0 Å². The van der Waals surface area contributed by atoms with E-state index in [1.165, 1.54) is 32.6 Å². The summed E-state index contributed by atoms with van der Waals surface area (Å²) in [6.45, 7) is 6.21. The Bertz CT molecular complexity index is 1440. The van der Waals surface area contributed by atoms with Crippen LogP contribution in [0.15, 0.2) is 29.1 Å². The summed E-state index contributed by atoms with van der Waals surface area (Å²) in [7, 11) is 4.70. The number of aryl methyl sites for hydroxylation is 1.